The largest absolute Gasteiger partial charge is 0.497 e. The molecule has 3 atom stereocenters. The van der Waals surface area contributed by atoms with Crippen molar-refractivity contribution in [1.29, 1.82) is 0 Å². The Morgan fingerprint density at radius 2 is 1.56 bits per heavy atom. The topological polar surface area (TPSA) is 88.5 Å². The second-order valence-corrected chi connectivity index (χ2v) is 11.0. The summed E-state index contributed by atoms with van der Waals surface area (Å²) in [6, 6.07) is 13.1. The first-order valence-electron chi connectivity index (χ1n) is 15.1. The van der Waals surface area contributed by atoms with Gasteiger partial charge < -0.3 is 24.2 Å². The van der Waals surface area contributed by atoms with E-state index in [0.717, 1.165) is 36.4 Å². The first-order chi connectivity index (χ1) is 19.9. The number of nitrogens with zero attached hydrogens (tertiary/aromatic N) is 2. The van der Waals surface area contributed by atoms with Gasteiger partial charge in [-0.3, -0.25) is 14.5 Å². The molecule has 3 unspecified atom stereocenters. The van der Waals surface area contributed by atoms with Crippen molar-refractivity contribution in [2.45, 2.75) is 77.2 Å². The van der Waals surface area contributed by atoms with Crippen LogP contribution in [0.25, 0.3) is 0 Å². The lowest BCUT2D eigenvalue weighted by molar-refractivity contribution is -0.143. The van der Waals surface area contributed by atoms with Crippen molar-refractivity contribution in [1.82, 2.24) is 9.80 Å². The fourth-order valence-corrected chi connectivity index (χ4v) is 5.76. The number of rotatable bonds is 15. The number of hydrogen-bond acceptors (Lipinski definition) is 6. The molecule has 2 aromatic carbocycles. The molecule has 0 saturated carbocycles. The van der Waals surface area contributed by atoms with Crippen molar-refractivity contribution < 1.29 is 28.9 Å². The molecule has 8 heteroatoms. The Bertz CT molecular complexity index is 1060. The Morgan fingerprint density at radius 3 is 2.12 bits per heavy atom. The Kier molecular flexibility index (Phi) is 13.3. The summed E-state index contributed by atoms with van der Waals surface area (Å²) in [6.07, 6.45) is 11.0. The van der Waals surface area contributed by atoms with Gasteiger partial charge in [-0.1, -0.05) is 70.6 Å². The van der Waals surface area contributed by atoms with E-state index in [-0.39, 0.29) is 18.8 Å². The highest BCUT2D eigenvalue weighted by Gasteiger charge is 2.46. The summed E-state index contributed by atoms with van der Waals surface area (Å²) >= 11 is 0. The van der Waals surface area contributed by atoms with Crippen LogP contribution in [0.5, 0.6) is 17.2 Å². The van der Waals surface area contributed by atoms with Gasteiger partial charge in [-0.2, -0.15) is 0 Å². The van der Waals surface area contributed by atoms with Crippen LogP contribution in [0.15, 0.2) is 42.5 Å². The Morgan fingerprint density at radius 1 is 0.951 bits per heavy atom. The van der Waals surface area contributed by atoms with E-state index in [1.807, 2.05) is 54.4 Å². The molecule has 4 rings (SSSR count). The second kappa shape index (κ2) is 16.9. The molecule has 0 aliphatic carbocycles. The highest BCUT2D eigenvalue weighted by Crippen LogP contribution is 2.47. The van der Waals surface area contributed by atoms with E-state index in [1.54, 1.807) is 7.11 Å². The number of benzene rings is 2. The van der Waals surface area contributed by atoms with E-state index in [2.05, 4.69) is 18.7 Å². The smallest absolute Gasteiger partial charge is 0.309 e. The van der Waals surface area contributed by atoms with Gasteiger partial charge in [0, 0.05) is 31.6 Å². The number of carbonyl (C=O) groups is 2. The molecule has 226 valence electrons. The van der Waals surface area contributed by atoms with Gasteiger partial charge in [0.15, 0.2) is 11.5 Å². The zero-order valence-corrected chi connectivity index (χ0v) is 25.2. The standard InChI is InChI=1S/C20H21NO5.C13H27NO/c1-21-10-15(13-5-8-16-17(9-13)26-11-25-16)18(20(22)23)19(21)12-3-6-14(24-2)7-4-12;1-3-5-7-9-11-14(13-15)12-10-8-6-4-2/h3-9,15,18-19H,10-11H2,1-2H3,(H,22,23);13H,3-12H2,1-2H3. The first kappa shape index (κ1) is 32.3. The molecule has 0 radical (unpaired) electrons. The predicted molar refractivity (Wildman–Crippen MR) is 161 cm³/mol. The minimum Gasteiger partial charge on any atom is -0.497 e. The number of carboxylic acid groups (broad SMARTS) is 1. The number of methoxy groups -OCH3 is 1. The maximum absolute atomic E-state index is 12.2. The fraction of sp³-hybridized carbons (Fsp3) is 0.576. The van der Waals surface area contributed by atoms with Crippen LogP contribution in [0.2, 0.25) is 0 Å². The van der Waals surface area contributed by atoms with Gasteiger partial charge in [-0.05, 0) is 55.3 Å². The predicted octanol–water partition coefficient (Wildman–Crippen LogP) is 6.50. The van der Waals surface area contributed by atoms with Crippen LogP contribution in [0.1, 0.15) is 88.3 Å². The molecule has 8 nitrogen and oxygen atoms in total. The van der Waals surface area contributed by atoms with Crippen LogP contribution in [0, 0.1) is 5.92 Å². The van der Waals surface area contributed by atoms with Gasteiger partial charge in [0.05, 0.1) is 13.0 Å². The van der Waals surface area contributed by atoms with Gasteiger partial charge in [-0.15, -0.1) is 0 Å². The third kappa shape index (κ3) is 9.12. The SMILES string of the molecule is CCCCCCN(C=O)CCCCCC.COc1ccc(C2C(C(=O)O)C(c3ccc4c(c3)OCO4)CN2C)cc1. The first-order valence-corrected chi connectivity index (χ1v) is 15.1. The minimum atomic E-state index is -0.794. The molecule has 2 aliphatic rings. The molecule has 0 bridgehead atoms. The number of ether oxygens (including phenoxy) is 3. The van der Waals surface area contributed by atoms with Crippen molar-refractivity contribution in [2.24, 2.45) is 5.92 Å². The van der Waals surface area contributed by atoms with Crippen LogP contribution >= 0.6 is 0 Å². The minimum absolute atomic E-state index is 0.126. The van der Waals surface area contributed by atoms with Crippen molar-refractivity contribution in [2.75, 3.05) is 40.6 Å². The Hall–Kier alpha value is -3.26. The Balaban J connectivity index is 0.000000266. The van der Waals surface area contributed by atoms with E-state index in [9.17, 15) is 14.7 Å². The molecule has 2 aromatic rings. The second-order valence-electron chi connectivity index (χ2n) is 11.0. The summed E-state index contributed by atoms with van der Waals surface area (Å²) in [5.74, 6) is 0.681. The van der Waals surface area contributed by atoms with E-state index < -0.39 is 11.9 Å². The highest BCUT2D eigenvalue weighted by atomic mass is 16.7. The third-order valence-electron chi connectivity index (χ3n) is 8.05. The van der Waals surface area contributed by atoms with E-state index in [1.165, 1.54) is 51.4 Å². The van der Waals surface area contributed by atoms with Crippen LogP contribution in [0.4, 0.5) is 0 Å². The monoisotopic (exact) mass is 568 g/mol. The zero-order valence-electron chi connectivity index (χ0n) is 25.2. The lowest BCUT2D eigenvalue weighted by atomic mass is 9.83. The maximum Gasteiger partial charge on any atom is 0.309 e. The summed E-state index contributed by atoms with van der Waals surface area (Å²) in [7, 11) is 3.59. The number of aliphatic carboxylic acids is 1. The number of unbranched alkanes of at least 4 members (excludes halogenated alkanes) is 6. The van der Waals surface area contributed by atoms with E-state index in [0.29, 0.717) is 18.0 Å². The summed E-state index contributed by atoms with van der Waals surface area (Å²) in [4.78, 5) is 27.0. The quantitative estimate of drug-likeness (QED) is 0.194. The molecule has 2 heterocycles. The number of likely N-dealkylation sites (N-methyl/N-ethyl adjacent to an activating group) is 1. The zero-order chi connectivity index (χ0) is 29.6. The van der Waals surface area contributed by atoms with Gasteiger partial charge in [0.2, 0.25) is 13.2 Å². The Labute approximate surface area is 245 Å². The molecule has 2 aliphatic heterocycles. The normalized spacial score (nSPS) is 19.4. The number of likely N-dealkylation sites (tertiary alicyclic amines) is 1. The van der Waals surface area contributed by atoms with Gasteiger partial charge in [0.25, 0.3) is 0 Å². The number of hydrogen-bond donors (Lipinski definition) is 1. The van der Waals surface area contributed by atoms with Gasteiger partial charge in [-0.25, -0.2) is 0 Å². The van der Waals surface area contributed by atoms with Gasteiger partial charge >= 0.3 is 5.97 Å². The molecule has 1 amide bonds. The fourth-order valence-electron chi connectivity index (χ4n) is 5.76. The molecular weight excluding hydrogens is 520 g/mol. The average Bonchev–Trinajstić information content (AvgIpc) is 3.60. The molecule has 41 heavy (non-hydrogen) atoms. The number of fused-ring (bicyclic) bond motifs is 1. The van der Waals surface area contributed by atoms with E-state index >= 15 is 0 Å². The summed E-state index contributed by atoms with van der Waals surface area (Å²) in [6.45, 7) is 7.20. The van der Waals surface area contributed by atoms with Crippen molar-refractivity contribution in [3.8, 4) is 17.2 Å². The molecule has 1 N–H and O–H groups in total. The number of amides is 1. The van der Waals surface area contributed by atoms with Crippen LogP contribution in [0.3, 0.4) is 0 Å². The third-order valence-corrected chi connectivity index (χ3v) is 8.05. The number of carbonyl (C=O) groups excluding carboxylic acids is 1. The average molecular weight is 569 g/mol. The maximum atomic E-state index is 12.2. The molecular formula is C33H48N2O6. The summed E-state index contributed by atoms with van der Waals surface area (Å²) in [5, 5.41) is 9.98. The summed E-state index contributed by atoms with van der Waals surface area (Å²) < 4.78 is 16.0. The van der Waals surface area contributed by atoms with Gasteiger partial charge in [0.1, 0.15) is 5.75 Å². The van der Waals surface area contributed by atoms with Crippen molar-refractivity contribution in [3.05, 3.63) is 53.6 Å². The molecule has 1 fully saturated rings. The molecule has 0 aromatic heterocycles. The lowest BCUT2D eigenvalue weighted by Gasteiger charge is -2.24. The van der Waals surface area contributed by atoms with Crippen molar-refractivity contribution in [3.63, 3.8) is 0 Å². The van der Waals surface area contributed by atoms with Crippen molar-refractivity contribution >= 4 is 12.4 Å². The molecule has 0 spiro atoms. The van der Waals surface area contributed by atoms with Crippen LogP contribution in [-0.4, -0.2) is 67.9 Å². The summed E-state index contributed by atoms with van der Waals surface area (Å²) in [5.41, 5.74) is 1.94. The number of carboxylic acids is 1. The van der Waals surface area contributed by atoms with E-state index in [4.69, 9.17) is 14.2 Å². The lowest BCUT2D eigenvalue weighted by Crippen LogP contribution is -2.26. The highest BCUT2D eigenvalue weighted by molar-refractivity contribution is 5.74. The van der Waals surface area contributed by atoms with Crippen LogP contribution in [-0.2, 0) is 9.59 Å². The van der Waals surface area contributed by atoms with Crippen LogP contribution < -0.4 is 14.2 Å². The molecule has 1 saturated heterocycles.